The van der Waals surface area contributed by atoms with Gasteiger partial charge >= 0.3 is 0 Å². The number of benzene rings is 1. The van der Waals surface area contributed by atoms with Crippen LogP contribution in [0.1, 0.15) is 50.2 Å². The van der Waals surface area contributed by atoms with Crippen molar-refractivity contribution in [3.8, 4) is 11.5 Å². The Hall–Kier alpha value is -1.48. The van der Waals surface area contributed by atoms with Crippen molar-refractivity contribution in [1.82, 2.24) is 0 Å². The van der Waals surface area contributed by atoms with Crippen LogP contribution >= 0.6 is 0 Å². The Morgan fingerprint density at radius 3 is 3.00 bits per heavy atom. The van der Waals surface area contributed by atoms with E-state index in [-0.39, 0.29) is 11.5 Å². The zero-order chi connectivity index (χ0) is 16.0. The maximum Gasteiger partial charge on any atom is 0.166 e. The summed E-state index contributed by atoms with van der Waals surface area (Å²) in [6.07, 6.45) is 10.4. The molecular weight excluding hydrogens is 288 g/mol. The molecule has 0 aromatic heterocycles. The zero-order valence-electron chi connectivity index (χ0n) is 14.0. The molecule has 0 saturated carbocycles. The van der Waals surface area contributed by atoms with Gasteiger partial charge in [0, 0.05) is 12.0 Å². The molecule has 1 spiro atoms. The molecule has 0 fully saturated rings. The predicted molar refractivity (Wildman–Crippen MR) is 90.2 cm³/mol. The van der Waals surface area contributed by atoms with Crippen molar-refractivity contribution in [3.63, 3.8) is 0 Å². The monoisotopic (exact) mass is 314 g/mol. The minimum Gasteiger partial charge on any atom is -0.493 e. The van der Waals surface area contributed by atoms with Crippen LogP contribution in [0.25, 0.3) is 0 Å². The summed E-state index contributed by atoms with van der Waals surface area (Å²) in [6, 6.07) is 4.27. The van der Waals surface area contributed by atoms with Crippen LogP contribution in [0.15, 0.2) is 24.3 Å². The fraction of sp³-hybridized carbons (Fsp3) is 0.600. The molecule has 4 unspecified atom stereocenters. The van der Waals surface area contributed by atoms with E-state index in [1.165, 1.54) is 30.4 Å². The van der Waals surface area contributed by atoms with Crippen molar-refractivity contribution in [3.05, 3.63) is 35.4 Å². The number of ether oxygens (including phenoxy) is 2. The van der Waals surface area contributed by atoms with Crippen molar-refractivity contribution in [2.75, 3.05) is 7.11 Å². The Labute approximate surface area is 138 Å². The number of hydrogen-bond donors (Lipinski definition) is 1. The topological polar surface area (TPSA) is 38.7 Å². The first-order valence-electron chi connectivity index (χ1n) is 8.92. The van der Waals surface area contributed by atoms with Gasteiger partial charge in [0.2, 0.25) is 0 Å². The second-order valence-corrected chi connectivity index (χ2v) is 7.29. The molecule has 0 amide bonds. The maximum absolute atomic E-state index is 10.1. The molecule has 23 heavy (non-hydrogen) atoms. The van der Waals surface area contributed by atoms with Crippen LogP contribution in [0.2, 0.25) is 0 Å². The standard InChI is InChI=1S/C20H26O3/c1-3-13-4-5-14-6-7-16(22-2)19-18(14)20(10-8-13)11-9-15(21)12-17(20)23-19/h6-7,9,11,13,15,17,21H,3-5,8,10,12H2,1-2H3. The van der Waals surface area contributed by atoms with Gasteiger partial charge in [0.15, 0.2) is 11.5 Å². The molecule has 3 nitrogen and oxygen atoms in total. The van der Waals surface area contributed by atoms with E-state index in [0.29, 0.717) is 6.42 Å². The smallest absolute Gasteiger partial charge is 0.166 e. The molecule has 1 heterocycles. The zero-order valence-corrected chi connectivity index (χ0v) is 14.0. The summed E-state index contributed by atoms with van der Waals surface area (Å²) in [5, 5.41) is 10.1. The highest BCUT2D eigenvalue weighted by Gasteiger charge is 2.52. The first-order chi connectivity index (χ1) is 11.2. The van der Waals surface area contributed by atoms with E-state index in [9.17, 15) is 5.11 Å². The summed E-state index contributed by atoms with van der Waals surface area (Å²) in [4.78, 5) is 0. The normalized spacial score (nSPS) is 34.8. The summed E-state index contributed by atoms with van der Waals surface area (Å²) < 4.78 is 11.9. The molecule has 3 aliphatic rings. The lowest BCUT2D eigenvalue weighted by molar-refractivity contribution is 0.0812. The van der Waals surface area contributed by atoms with Crippen LogP contribution in [-0.4, -0.2) is 24.4 Å². The molecular formula is C20H26O3. The van der Waals surface area contributed by atoms with Gasteiger partial charge in [-0.25, -0.2) is 0 Å². The number of aliphatic hydroxyl groups is 1. The minimum atomic E-state index is -0.401. The number of aliphatic hydroxyl groups excluding tert-OH is 1. The summed E-state index contributed by atoms with van der Waals surface area (Å²) in [5.74, 6) is 2.53. The lowest BCUT2D eigenvalue weighted by Gasteiger charge is -2.38. The summed E-state index contributed by atoms with van der Waals surface area (Å²) >= 11 is 0. The van der Waals surface area contributed by atoms with Crippen LogP contribution in [0.3, 0.4) is 0 Å². The Morgan fingerprint density at radius 2 is 2.22 bits per heavy atom. The molecule has 1 aliphatic heterocycles. The molecule has 0 radical (unpaired) electrons. The molecule has 2 aliphatic carbocycles. The van der Waals surface area contributed by atoms with Crippen molar-refractivity contribution >= 4 is 0 Å². The first-order valence-corrected chi connectivity index (χ1v) is 8.92. The van der Waals surface area contributed by atoms with Gasteiger partial charge in [-0.2, -0.15) is 0 Å². The lowest BCUT2D eigenvalue weighted by atomic mass is 9.65. The van der Waals surface area contributed by atoms with Gasteiger partial charge in [-0.05, 0) is 43.2 Å². The number of rotatable bonds is 2. The third kappa shape index (κ3) is 2.20. The highest BCUT2D eigenvalue weighted by molar-refractivity contribution is 5.60. The van der Waals surface area contributed by atoms with Crippen LogP contribution in [0, 0.1) is 5.92 Å². The predicted octanol–water partition coefficient (Wildman–Crippen LogP) is 3.77. The molecule has 0 bridgehead atoms. The fourth-order valence-electron chi connectivity index (χ4n) is 4.76. The molecule has 0 saturated heterocycles. The fourth-order valence-corrected chi connectivity index (χ4v) is 4.76. The van der Waals surface area contributed by atoms with E-state index < -0.39 is 6.10 Å². The van der Waals surface area contributed by atoms with E-state index in [1.807, 2.05) is 12.1 Å². The number of methoxy groups -OCH3 is 1. The Morgan fingerprint density at radius 1 is 1.35 bits per heavy atom. The average Bonchev–Trinajstić information content (AvgIpc) is 2.87. The Kier molecular flexibility index (Phi) is 3.64. The van der Waals surface area contributed by atoms with Crippen molar-refractivity contribution in [2.45, 2.75) is 63.1 Å². The molecule has 4 rings (SSSR count). The second kappa shape index (κ2) is 5.55. The van der Waals surface area contributed by atoms with Crippen LogP contribution in [0.5, 0.6) is 11.5 Å². The SMILES string of the molecule is CCC1CCc2ccc(OC)c3c2C2(C=CC(O)CC2O3)CC1. The highest BCUT2D eigenvalue weighted by atomic mass is 16.5. The van der Waals surface area contributed by atoms with E-state index in [4.69, 9.17) is 9.47 Å². The molecule has 1 aromatic carbocycles. The van der Waals surface area contributed by atoms with Crippen molar-refractivity contribution in [1.29, 1.82) is 0 Å². The second-order valence-electron chi connectivity index (χ2n) is 7.29. The summed E-state index contributed by atoms with van der Waals surface area (Å²) in [6.45, 7) is 2.30. The van der Waals surface area contributed by atoms with Gasteiger partial charge in [0.05, 0.1) is 18.6 Å². The summed E-state index contributed by atoms with van der Waals surface area (Å²) in [7, 11) is 1.71. The van der Waals surface area contributed by atoms with E-state index in [1.54, 1.807) is 7.11 Å². The Balaban J connectivity index is 1.89. The van der Waals surface area contributed by atoms with Crippen molar-refractivity contribution in [2.24, 2.45) is 5.92 Å². The van der Waals surface area contributed by atoms with E-state index in [0.717, 1.165) is 30.3 Å². The minimum absolute atomic E-state index is 0.0307. The third-order valence-corrected chi connectivity index (χ3v) is 6.16. The maximum atomic E-state index is 10.1. The van der Waals surface area contributed by atoms with Crippen LogP contribution in [0.4, 0.5) is 0 Å². The average molecular weight is 314 g/mol. The Bertz CT molecular complexity index is 636. The molecule has 3 heteroatoms. The van der Waals surface area contributed by atoms with Gasteiger partial charge in [0.25, 0.3) is 0 Å². The highest BCUT2D eigenvalue weighted by Crippen LogP contribution is 2.56. The van der Waals surface area contributed by atoms with E-state index >= 15 is 0 Å². The van der Waals surface area contributed by atoms with Crippen LogP contribution < -0.4 is 9.47 Å². The van der Waals surface area contributed by atoms with Gasteiger partial charge in [0.1, 0.15) is 6.10 Å². The van der Waals surface area contributed by atoms with Gasteiger partial charge in [-0.3, -0.25) is 0 Å². The van der Waals surface area contributed by atoms with Gasteiger partial charge in [-0.1, -0.05) is 31.6 Å². The van der Waals surface area contributed by atoms with Gasteiger partial charge in [-0.15, -0.1) is 0 Å². The molecule has 124 valence electrons. The largest absolute Gasteiger partial charge is 0.493 e. The number of hydrogen-bond acceptors (Lipinski definition) is 3. The van der Waals surface area contributed by atoms with Gasteiger partial charge < -0.3 is 14.6 Å². The first kappa shape index (κ1) is 15.1. The number of aryl methyl sites for hydroxylation is 1. The molecule has 1 N–H and O–H groups in total. The quantitative estimate of drug-likeness (QED) is 0.845. The van der Waals surface area contributed by atoms with E-state index in [2.05, 4.69) is 19.1 Å². The molecule has 4 atom stereocenters. The molecule has 1 aromatic rings. The summed E-state index contributed by atoms with van der Waals surface area (Å²) in [5.41, 5.74) is 2.66. The lowest BCUT2D eigenvalue weighted by Crippen LogP contribution is -2.43. The third-order valence-electron chi connectivity index (χ3n) is 6.16. The van der Waals surface area contributed by atoms with Crippen molar-refractivity contribution < 1.29 is 14.6 Å². The van der Waals surface area contributed by atoms with Crippen LogP contribution in [-0.2, 0) is 11.8 Å².